The molecule has 2 heterocycles. The third kappa shape index (κ3) is 5.09. The Hall–Kier alpha value is -2.43. The minimum atomic E-state index is -0.330. The first kappa shape index (κ1) is 20.3. The van der Waals surface area contributed by atoms with Crippen molar-refractivity contribution < 1.29 is 4.79 Å². The lowest BCUT2D eigenvalue weighted by atomic mass is 10.2. The minimum absolute atomic E-state index is 0.0191. The zero-order valence-corrected chi connectivity index (χ0v) is 17.3. The molecule has 1 aliphatic rings. The molecule has 0 aliphatic carbocycles. The average molecular weight is 396 g/mol. The molecule has 1 saturated heterocycles. The number of aromatic nitrogens is 2. The van der Waals surface area contributed by atoms with Crippen LogP contribution >= 0.6 is 11.8 Å². The second-order valence-electron chi connectivity index (χ2n) is 7.12. The lowest BCUT2D eigenvalue weighted by Crippen LogP contribution is -2.40. The molecule has 28 heavy (non-hydrogen) atoms. The van der Waals surface area contributed by atoms with Gasteiger partial charge in [0.05, 0.1) is 10.9 Å². The fraction of sp³-hybridized carbons (Fsp3) is 0.429. The molecule has 1 aromatic heterocycles. The van der Waals surface area contributed by atoms with E-state index in [9.17, 15) is 10.1 Å². The highest BCUT2D eigenvalue weighted by atomic mass is 32.2. The summed E-state index contributed by atoms with van der Waals surface area (Å²) in [5, 5.41) is 12.8. The number of likely N-dealkylation sites (tertiary alicyclic amines) is 1. The van der Waals surface area contributed by atoms with Gasteiger partial charge in [0.1, 0.15) is 22.5 Å². The number of aryl methyl sites for hydroxylation is 2. The van der Waals surface area contributed by atoms with Crippen molar-refractivity contribution in [2.24, 2.45) is 0 Å². The molecule has 7 heteroatoms. The normalized spacial score (nSPS) is 17.9. The summed E-state index contributed by atoms with van der Waals surface area (Å²) in [5.74, 6) is 0.591. The second-order valence-corrected chi connectivity index (χ2v) is 8.45. The maximum Gasteiger partial charge on any atom is 0.233 e. The second kappa shape index (κ2) is 9.18. The maximum absolute atomic E-state index is 12.7. The van der Waals surface area contributed by atoms with Gasteiger partial charge in [0.25, 0.3) is 0 Å². The summed E-state index contributed by atoms with van der Waals surface area (Å²) in [6.45, 7) is 8.18. The first-order valence-corrected chi connectivity index (χ1v) is 10.3. The van der Waals surface area contributed by atoms with Crippen LogP contribution in [0.2, 0.25) is 0 Å². The minimum Gasteiger partial charge on any atom is -0.351 e. The van der Waals surface area contributed by atoms with E-state index in [-0.39, 0.29) is 17.2 Å². The van der Waals surface area contributed by atoms with E-state index in [2.05, 4.69) is 50.5 Å². The van der Waals surface area contributed by atoms with Crippen LogP contribution in [0.15, 0.2) is 35.4 Å². The van der Waals surface area contributed by atoms with Gasteiger partial charge in [-0.25, -0.2) is 9.97 Å². The Morgan fingerprint density at radius 3 is 2.82 bits per heavy atom. The van der Waals surface area contributed by atoms with Gasteiger partial charge in [-0.1, -0.05) is 42.1 Å². The summed E-state index contributed by atoms with van der Waals surface area (Å²) in [5.41, 5.74) is 2.39. The Bertz CT molecular complexity index is 880. The predicted octanol–water partition coefficient (Wildman–Crippen LogP) is 2.84. The largest absolute Gasteiger partial charge is 0.351 e. The number of nitriles is 1. The number of benzene rings is 1. The van der Waals surface area contributed by atoms with Crippen molar-refractivity contribution in [3.8, 4) is 6.07 Å². The van der Waals surface area contributed by atoms with Crippen LogP contribution in [0, 0.1) is 25.2 Å². The molecule has 1 aromatic carbocycles. The quantitative estimate of drug-likeness (QED) is 0.598. The number of rotatable bonds is 6. The maximum atomic E-state index is 12.7. The van der Waals surface area contributed by atoms with Crippen LogP contribution in [0.3, 0.4) is 0 Å². The van der Waals surface area contributed by atoms with E-state index in [4.69, 9.17) is 0 Å². The van der Waals surface area contributed by atoms with Crippen LogP contribution in [0.1, 0.15) is 36.0 Å². The fourth-order valence-electron chi connectivity index (χ4n) is 3.37. The molecule has 1 fully saturated rings. The van der Waals surface area contributed by atoms with Crippen molar-refractivity contribution in [2.75, 3.05) is 13.1 Å². The molecule has 2 atom stereocenters. The van der Waals surface area contributed by atoms with E-state index < -0.39 is 0 Å². The molecule has 0 saturated carbocycles. The molecule has 146 valence electrons. The Morgan fingerprint density at radius 1 is 1.36 bits per heavy atom. The molecule has 0 spiro atoms. The van der Waals surface area contributed by atoms with Gasteiger partial charge in [0.15, 0.2) is 0 Å². The number of amides is 1. The van der Waals surface area contributed by atoms with Crippen molar-refractivity contribution in [1.29, 1.82) is 5.26 Å². The van der Waals surface area contributed by atoms with Gasteiger partial charge in [-0.05, 0) is 32.8 Å². The smallest absolute Gasteiger partial charge is 0.233 e. The summed E-state index contributed by atoms with van der Waals surface area (Å²) in [4.78, 5) is 23.6. The number of hydrogen-bond acceptors (Lipinski definition) is 6. The average Bonchev–Trinajstić information content (AvgIpc) is 3.09. The van der Waals surface area contributed by atoms with Crippen molar-refractivity contribution in [1.82, 2.24) is 20.2 Å². The van der Waals surface area contributed by atoms with Crippen LogP contribution < -0.4 is 5.32 Å². The van der Waals surface area contributed by atoms with E-state index >= 15 is 0 Å². The topological polar surface area (TPSA) is 81.9 Å². The summed E-state index contributed by atoms with van der Waals surface area (Å²) in [6.07, 6.45) is 0.950. The Kier molecular flexibility index (Phi) is 6.65. The molecule has 1 aliphatic heterocycles. The Balaban J connectivity index is 1.55. The fourth-order valence-corrected chi connectivity index (χ4v) is 4.38. The lowest BCUT2D eigenvalue weighted by Gasteiger charge is -2.19. The third-order valence-corrected chi connectivity index (χ3v) is 5.89. The SMILES string of the molecule is Cc1nc(C)c(C#N)c(SC(C)C(=O)NC2CCN(Cc3ccccc3)C2)n1. The van der Waals surface area contributed by atoms with Gasteiger partial charge < -0.3 is 5.32 Å². The standard InChI is InChI=1S/C21H25N5OS/c1-14-19(11-22)21(24-16(3)23-14)28-15(2)20(27)25-18-9-10-26(13-18)12-17-7-5-4-6-8-17/h4-8,15,18H,9-10,12-13H2,1-3H3,(H,25,27). The van der Waals surface area contributed by atoms with E-state index in [1.807, 2.05) is 13.0 Å². The highest BCUT2D eigenvalue weighted by Gasteiger charge is 2.26. The highest BCUT2D eigenvalue weighted by Crippen LogP contribution is 2.26. The monoisotopic (exact) mass is 395 g/mol. The Morgan fingerprint density at radius 2 is 2.11 bits per heavy atom. The van der Waals surface area contributed by atoms with E-state index in [1.54, 1.807) is 13.8 Å². The zero-order chi connectivity index (χ0) is 20.1. The van der Waals surface area contributed by atoms with Gasteiger partial charge in [-0.2, -0.15) is 5.26 Å². The molecule has 6 nitrogen and oxygen atoms in total. The van der Waals surface area contributed by atoms with Gasteiger partial charge in [0, 0.05) is 25.7 Å². The van der Waals surface area contributed by atoms with E-state index in [0.29, 0.717) is 22.1 Å². The summed E-state index contributed by atoms with van der Waals surface area (Å²) >= 11 is 1.32. The Labute approximate surface area is 170 Å². The molecule has 0 radical (unpaired) electrons. The van der Waals surface area contributed by atoms with Crippen LogP contribution in [0.25, 0.3) is 0 Å². The molecular weight excluding hydrogens is 370 g/mol. The number of carbonyl (C=O) groups is 1. The van der Waals surface area contributed by atoms with Crippen molar-refractivity contribution in [3.63, 3.8) is 0 Å². The van der Waals surface area contributed by atoms with Crippen LogP contribution in [-0.4, -0.2) is 45.2 Å². The summed E-state index contributed by atoms with van der Waals surface area (Å²) in [6, 6.07) is 12.7. The number of thioether (sulfide) groups is 1. The first-order valence-electron chi connectivity index (χ1n) is 9.45. The molecule has 2 aromatic rings. The van der Waals surface area contributed by atoms with Crippen molar-refractivity contribution >= 4 is 17.7 Å². The van der Waals surface area contributed by atoms with Gasteiger partial charge in [-0.15, -0.1) is 0 Å². The summed E-state index contributed by atoms with van der Waals surface area (Å²) in [7, 11) is 0. The van der Waals surface area contributed by atoms with Crippen LogP contribution in [0.5, 0.6) is 0 Å². The number of hydrogen-bond donors (Lipinski definition) is 1. The third-order valence-electron chi connectivity index (χ3n) is 4.81. The first-order chi connectivity index (χ1) is 13.5. The zero-order valence-electron chi connectivity index (χ0n) is 16.5. The molecule has 0 bridgehead atoms. The number of nitrogens with one attached hydrogen (secondary N) is 1. The molecule has 3 rings (SSSR count). The van der Waals surface area contributed by atoms with Crippen LogP contribution in [0.4, 0.5) is 0 Å². The van der Waals surface area contributed by atoms with E-state index in [0.717, 1.165) is 26.1 Å². The summed E-state index contributed by atoms with van der Waals surface area (Å²) < 4.78 is 0. The predicted molar refractivity (Wildman–Crippen MR) is 110 cm³/mol. The van der Waals surface area contributed by atoms with Crippen molar-refractivity contribution in [2.45, 2.75) is 50.1 Å². The van der Waals surface area contributed by atoms with Gasteiger partial charge in [0.2, 0.25) is 5.91 Å². The van der Waals surface area contributed by atoms with Crippen LogP contribution in [-0.2, 0) is 11.3 Å². The number of nitrogens with zero attached hydrogens (tertiary/aromatic N) is 4. The van der Waals surface area contributed by atoms with Crippen molar-refractivity contribution in [3.05, 3.63) is 53.0 Å². The van der Waals surface area contributed by atoms with Gasteiger partial charge >= 0.3 is 0 Å². The molecule has 2 unspecified atom stereocenters. The lowest BCUT2D eigenvalue weighted by molar-refractivity contribution is -0.120. The van der Waals surface area contributed by atoms with E-state index in [1.165, 1.54) is 17.3 Å². The molecule has 1 amide bonds. The van der Waals surface area contributed by atoms with Gasteiger partial charge in [-0.3, -0.25) is 9.69 Å². The highest BCUT2D eigenvalue weighted by molar-refractivity contribution is 8.00. The molecular formula is C21H25N5OS. The molecule has 1 N–H and O–H groups in total. The number of carbonyl (C=O) groups excluding carboxylic acids is 1.